The number of nitrogens with one attached hydrogen (secondary N) is 1. The summed E-state index contributed by atoms with van der Waals surface area (Å²) in [5.74, 6) is 0.600. The van der Waals surface area contributed by atoms with Crippen molar-refractivity contribution in [2.24, 2.45) is 22.5 Å². The van der Waals surface area contributed by atoms with Gasteiger partial charge in [-0.1, -0.05) is 40.0 Å². The van der Waals surface area contributed by atoms with Crippen LogP contribution in [0.25, 0.3) is 0 Å². The van der Waals surface area contributed by atoms with E-state index in [0.717, 1.165) is 38.8 Å². The van der Waals surface area contributed by atoms with Crippen molar-refractivity contribution in [1.82, 2.24) is 5.32 Å². The highest BCUT2D eigenvalue weighted by atomic mass is 16.5. The zero-order valence-electron chi connectivity index (χ0n) is 15.3. The minimum Gasteiger partial charge on any atom is -0.377 e. The molecule has 4 nitrogen and oxygen atoms in total. The van der Waals surface area contributed by atoms with Gasteiger partial charge in [-0.05, 0) is 43.1 Å². The molecule has 0 spiro atoms. The maximum atomic E-state index is 12.5. The summed E-state index contributed by atoms with van der Waals surface area (Å²) in [6.07, 6.45) is 8.99. The summed E-state index contributed by atoms with van der Waals surface area (Å²) >= 11 is 0. The molecule has 4 heteroatoms. The van der Waals surface area contributed by atoms with E-state index in [9.17, 15) is 4.79 Å². The highest BCUT2D eigenvalue weighted by Crippen LogP contribution is 2.38. The topological polar surface area (TPSA) is 64.3 Å². The van der Waals surface area contributed by atoms with E-state index in [2.05, 4.69) is 26.1 Å². The van der Waals surface area contributed by atoms with E-state index in [-0.39, 0.29) is 22.8 Å². The molecule has 2 rings (SSSR count). The molecule has 0 aromatic rings. The first-order valence-corrected chi connectivity index (χ1v) is 9.45. The number of nitrogens with two attached hydrogens (primary N) is 1. The fourth-order valence-electron chi connectivity index (χ4n) is 4.41. The third-order valence-electron chi connectivity index (χ3n) is 5.74. The van der Waals surface area contributed by atoms with E-state index in [0.29, 0.717) is 18.9 Å². The molecule has 1 aliphatic heterocycles. The van der Waals surface area contributed by atoms with Gasteiger partial charge >= 0.3 is 0 Å². The van der Waals surface area contributed by atoms with Crippen molar-refractivity contribution in [1.29, 1.82) is 0 Å². The first-order valence-electron chi connectivity index (χ1n) is 9.45. The van der Waals surface area contributed by atoms with Crippen LogP contribution < -0.4 is 11.1 Å². The molecule has 3 N–H and O–H groups in total. The standard InChI is InChI=1S/C19H36N2O2/c1-18(2,3)17-15(8-7-11-23-17)13-21-16(22)12-19(14-20)9-5-4-6-10-19/h15,17H,4-14,20H2,1-3H3,(H,21,22). The molecule has 0 aromatic heterocycles. The van der Waals surface area contributed by atoms with Crippen molar-refractivity contribution in [2.45, 2.75) is 78.2 Å². The summed E-state index contributed by atoms with van der Waals surface area (Å²) in [7, 11) is 0. The highest BCUT2D eigenvalue weighted by molar-refractivity contribution is 5.76. The summed E-state index contributed by atoms with van der Waals surface area (Å²) in [5.41, 5.74) is 6.18. The first kappa shape index (κ1) is 18.7. The molecule has 2 fully saturated rings. The molecular formula is C19H36N2O2. The maximum Gasteiger partial charge on any atom is 0.220 e. The normalized spacial score (nSPS) is 28.3. The molecule has 2 unspecified atom stereocenters. The summed E-state index contributed by atoms with van der Waals surface area (Å²) < 4.78 is 6.01. The van der Waals surface area contributed by atoms with Crippen LogP contribution in [0.1, 0.15) is 72.1 Å². The van der Waals surface area contributed by atoms with E-state index >= 15 is 0 Å². The van der Waals surface area contributed by atoms with Gasteiger partial charge in [0.05, 0.1) is 6.10 Å². The van der Waals surface area contributed by atoms with Crippen LogP contribution in [-0.2, 0) is 9.53 Å². The number of rotatable bonds is 5. The molecule has 1 aliphatic carbocycles. The average molecular weight is 325 g/mol. The first-order chi connectivity index (χ1) is 10.9. The fraction of sp³-hybridized carbons (Fsp3) is 0.947. The van der Waals surface area contributed by atoms with Crippen molar-refractivity contribution in [3.63, 3.8) is 0 Å². The number of ether oxygens (including phenoxy) is 1. The Hall–Kier alpha value is -0.610. The lowest BCUT2D eigenvalue weighted by Gasteiger charge is -2.40. The van der Waals surface area contributed by atoms with Gasteiger partial charge in [-0.2, -0.15) is 0 Å². The van der Waals surface area contributed by atoms with Crippen molar-refractivity contribution in [3.8, 4) is 0 Å². The van der Waals surface area contributed by atoms with E-state index in [1.165, 1.54) is 19.3 Å². The molecule has 134 valence electrons. The Labute approximate surface area is 141 Å². The van der Waals surface area contributed by atoms with E-state index in [4.69, 9.17) is 10.5 Å². The average Bonchev–Trinajstić information content (AvgIpc) is 2.53. The lowest BCUT2D eigenvalue weighted by Crippen LogP contribution is -2.46. The summed E-state index contributed by atoms with van der Waals surface area (Å²) in [6.45, 7) is 8.90. The second kappa shape index (κ2) is 7.98. The molecule has 1 amide bonds. The van der Waals surface area contributed by atoms with Gasteiger partial charge in [0.25, 0.3) is 0 Å². The lowest BCUT2D eigenvalue weighted by molar-refractivity contribution is -0.125. The van der Waals surface area contributed by atoms with Crippen LogP contribution in [0.4, 0.5) is 0 Å². The van der Waals surface area contributed by atoms with Gasteiger partial charge in [-0.25, -0.2) is 0 Å². The molecule has 2 aliphatic rings. The number of hydrogen-bond donors (Lipinski definition) is 2. The zero-order valence-corrected chi connectivity index (χ0v) is 15.3. The van der Waals surface area contributed by atoms with Crippen LogP contribution in [0, 0.1) is 16.7 Å². The van der Waals surface area contributed by atoms with E-state index < -0.39 is 0 Å². The Bertz CT molecular complexity index is 383. The molecule has 0 radical (unpaired) electrons. The van der Waals surface area contributed by atoms with Crippen molar-refractivity contribution in [3.05, 3.63) is 0 Å². The molecule has 1 heterocycles. The zero-order chi connectivity index (χ0) is 16.9. The van der Waals surface area contributed by atoms with Gasteiger partial charge in [0, 0.05) is 25.5 Å². The minimum atomic E-state index is 0.0504. The van der Waals surface area contributed by atoms with Crippen LogP contribution in [-0.4, -0.2) is 31.7 Å². The SMILES string of the molecule is CC(C)(C)C1OCCCC1CNC(=O)CC1(CN)CCCCC1. The van der Waals surface area contributed by atoms with Crippen LogP contribution in [0.15, 0.2) is 0 Å². The molecule has 1 saturated heterocycles. The Morgan fingerprint density at radius 2 is 1.91 bits per heavy atom. The van der Waals surface area contributed by atoms with Gasteiger partial charge in [0.1, 0.15) is 0 Å². The Balaban J connectivity index is 1.85. The molecule has 23 heavy (non-hydrogen) atoms. The quantitative estimate of drug-likeness (QED) is 0.816. The van der Waals surface area contributed by atoms with Gasteiger partial charge in [0.15, 0.2) is 0 Å². The van der Waals surface area contributed by atoms with Gasteiger partial charge in [-0.15, -0.1) is 0 Å². The Morgan fingerprint density at radius 1 is 1.22 bits per heavy atom. The lowest BCUT2D eigenvalue weighted by atomic mass is 9.71. The fourth-order valence-corrected chi connectivity index (χ4v) is 4.41. The molecule has 1 saturated carbocycles. The molecular weight excluding hydrogens is 288 g/mol. The Morgan fingerprint density at radius 3 is 2.52 bits per heavy atom. The monoisotopic (exact) mass is 324 g/mol. The summed E-state index contributed by atoms with van der Waals surface area (Å²) in [6, 6.07) is 0. The number of carbonyl (C=O) groups is 1. The van der Waals surface area contributed by atoms with Gasteiger partial charge < -0.3 is 15.8 Å². The van der Waals surface area contributed by atoms with E-state index in [1.807, 2.05) is 0 Å². The van der Waals surface area contributed by atoms with Gasteiger partial charge in [0.2, 0.25) is 5.91 Å². The molecule has 0 bridgehead atoms. The maximum absolute atomic E-state index is 12.5. The summed E-state index contributed by atoms with van der Waals surface area (Å²) in [4.78, 5) is 12.5. The molecule has 0 aromatic carbocycles. The second-order valence-corrected chi connectivity index (χ2v) is 8.81. The number of hydrogen-bond acceptors (Lipinski definition) is 3. The smallest absolute Gasteiger partial charge is 0.220 e. The second-order valence-electron chi connectivity index (χ2n) is 8.81. The van der Waals surface area contributed by atoms with Crippen LogP contribution >= 0.6 is 0 Å². The minimum absolute atomic E-state index is 0.0504. The predicted molar refractivity (Wildman–Crippen MR) is 94.1 cm³/mol. The van der Waals surface area contributed by atoms with Crippen molar-refractivity contribution in [2.75, 3.05) is 19.7 Å². The van der Waals surface area contributed by atoms with Gasteiger partial charge in [-0.3, -0.25) is 4.79 Å². The predicted octanol–water partition coefficient (Wildman–Crippen LogP) is 3.24. The van der Waals surface area contributed by atoms with Crippen LogP contribution in [0.2, 0.25) is 0 Å². The van der Waals surface area contributed by atoms with Crippen molar-refractivity contribution < 1.29 is 9.53 Å². The van der Waals surface area contributed by atoms with Crippen molar-refractivity contribution >= 4 is 5.91 Å². The summed E-state index contributed by atoms with van der Waals surface area (Å²) in [5, 5.41) is 3.19. The third kappa shape index (κ3) is 5.18. The Kier molecular flexibility index (Phi) is 6.49. The molecule has 2 atom stereocenters. The third-order valence-corrected chi connectivity index (χ3v) is 5.74. The van der Waals surface area contributed by atoms with Crippen LogP contribution in [0.5, 0.6) is 0 Å². The highest BCUT2D eigenvalue weighted by Gasteiger charge is 2.36. The largest absolute Gasteiger partial charge is 0.377 e. The van der Waals surface area contributed by atoms with Crippen LogP contribution in [0.3, 0.4) is 0 Å². The van der Waals surface area contributed by atoms with E-state index in [1.54, 1.807) is 0 Å². The number of carbonyl (C=O) groups excluding carboxylic acids is 1. The number of amides is 1.